The van der Waals surface area contributed by atoms with Crippen molar-refractivity contribution < 1.29 is 19.4 Å². The lowest BCUT2D eigenvalue weighted by atomic mass is 10.2. The molecule has 0 fully saturated rings. The molecule has 0 radical (unpaired) electrons. The Labute approximate surface area is 186 Å². The van der Waals surface area contributed by atoms with Gasteiger partial charge in [0.05, 0.1) is 10.6 Å². The molecule has 0 heterocycles. The molecule has 2 rings (SSSR count). The maximum absolute atomic E-state index is 12.2. The zero-order chi connectivity index (χ0) is 22.5. The Balaban J connectivity index is 0.00000218. The third kappa shape index (κ3) is 9.03. The monoisotopic (exact) mass is 450 g/mol. The van der Waals surface area contributed by atoms with E-state index in [-0.39, 0.29) is 18.2 Å². The van der Waals surface area contributed by atoms with E-state index in [0.717, 1.165) is 0 Å². The summed E-state index contributed by atoms with van der Waals surface area (Å²) in [4.78, 5) is 23.0. The van der Waals surface area contributed by atoms with Gasteiger partial charge >= 0.3 is 5.97 Å². The normalized spacial score (nSPS) is 11.1. The summed E-state index contributed by atoms with van der Waals surface area (Å²) in [5.74, 6) is -0.730. The van der Waals surface area contributed by atoms with Crippen LogP contribution in [0, 0.1) is 0 Å². The van der Waals surface area contributed by atoms with E-state index in [2.05, 4.69) is 10.6 Å². The van der Waals surface area contributed by atoms with E-state index in [9.17, 15) is 9.59 Å². The number of halogens is 2. The van der Waals surface area contributed by atoms with Gasteiger partial charge in [0.25, 0.3) is 5.91 Å². The molecule has 0 unspecified atom stereocenters. The van der Waals surface area contributed by atoms with E-state index in [0.29, 0.717) is 27.1 Å². The first-order chi connectivity index (χ1) is 14.3. The number of carboxylic acid groups (broad SMARTS) is 1. The number of allylic oxidation sites excluding steroid dienone is 2. The Kier molecular flexibility index (Phi) is 11.1. The van der Waals surface area contributed by atoms with Crippen molar-refractivity contribution in [1.82, 2.24) is 5.32 Å². The first-order valence-corrected chi connectivity index (χ1v) is 9.91. The summed E-state index contributed by atoms with van der Waals surface area (Å²) in [5, 5.41) is 15.4. The molecule has 3 N–H and O–H groups in total. The molecule has 0 atom stereocenters. The van der Waals surface area contributed by atoms with Crippen LogP contribution in [0.3, 0.4) is 0 Å². The smallest absolute Gasteiger partial charge is 0.335 e. The average Bonchev–Trinajstić information content (AvgIpc) is 2.74. The van der Waals surface area contributed by atoms with Gasteiger partial charge in [-0.05, 0) is 61.5 Å². The lowest BCUT2D eigenvalue weighted by Gasteiger charge is -2.07. The highest BCUT2D eigenvalue weighted by Crippen LogP contribution is 2.15. The van der Waals surface area contributed by atoms with Crippen molar-refractivity contribution in [2.24, 2.45) is 0 Å². The van der Waals surface area contributed by atoms with Crippen LogP contribution in [0.4, 0.5) is 5.69 Å². The lowest BCUT2D eigenvalue weighted by Crippen LogP contribution is -2.14. The van der Waals surface area contributed by atoms with Gasteiger partial charge in [-0.2, -0.15) is 0 Å². The molecule has 1 amide bonds. The van der Waals surface area contributed by atoms with Crippen LogP contribution < -0.4 is 15.4 Å². The number of nitrogens with one attached hydrogen (secondary N) is 2. The maximum Gasteiger partial charge on any atom is 0.335 e. The van der Waals surface area contributed by atoms with Gasteiger partial charge in [-0.25, -0.2) is 4.79 Å². The van der Waals surface area contributed by atoms with Crippen LogP contribution in [0.1, 0.15) is 31.1 Å². The number of carbonyl (C=O) groups excluding carboxylic acids is 1. The predicted molar refractivity (Wildman–Crippen MR) is 121 cm³/mol. The molecule has 160 valence electrons. The molecule has 0 aromatic heterocycles. The van der Waals surface area contributed by atoms with Crippen LogP contribution in [0.2, 0.25) is 5.02 Å². The molecule has 2 aromatic rings. The first-order valence-electron chi connectivity index (χ1n) is 9.15. The number of anilines is 1. The van der Waals surface area contributed by atoms with Crippen LogP contribution in [-0.4, -0.2) is 23.7 Å². The number of ether oxygens (including phenoxy) is 1. The zero-order valence-corrected chi connectivity index (χ0v) is 18.4. The largest absolute Gasteiger partial charge is 0.478 e. The molecule has 0 aliphatic carbocycles. The summed E-state index contributed by atoms with van der Waals surface area (Å²) in [5.41, 5.74) is 1.00. The molecule has 0 aliphatic heterocycles. The lowest BCUT2D eigenvalue weighted by molar-refractivity contribution is -0.112. The van der Waals surface area contributed by atoms with Gasteiger partial charge in [-0.1, -0.05) is 37.0 Å². The second-order valence-electron chi connectivity index (χ2n) is 5.64. The molecule has 0 bridgehead atoms. The quantitative estimate of drug-likeness (QED) is 0.209. The number of aromatic carboxylic acids is 1. The van der Waals surface area contributed by atoms with Crippen molar-refractivity contribution in [3.8, 4) is 5.75 Å². The number of benzene rings is 2. The van der Waals surface area contributed by atoms with Crippen LogP contribution in [0.15, 0.2) is 71.4 Å². The van der Waals surface area contributed by atoms with Crippen molar-refractivity contribution in [1.29, 1.82) is 0 Å². The van der Waals surface area contributed by atoms with Crippen LogP contribution >= 0.6 is 23.2 Å². The van der Waals surface area contributed by atoms with Crippen LogP contribution in [-0.2, 0) is 4.79 Å². The second-order valence-corrected chi connectivity index (χ2v) is 6.51. The minimum absolute atomic E-state index is 0.142. The molecule has 6 nitrogen and oxygen atoms in total. The minimum Gasteiger partial charge on any atom is -0.478 e. The highest BCUT2D eigenvalue weighted by atomic mass is 35.5. The SMILES string of the molecule is C/C(=C\C(Cl)=C/NCOc1ccc(Cl)cc1)C(=O)Nc1ccc(C(=O)O)cc1.CC. The minimum atomic E-state index is -1.03. The standard InChI is InChI=1S/C20H18Cl2N2O4.C2H6/c1-13(19(25)24-17-6-2-14(3-7-17)20(26)27)10-16(22)11-23-12-28-18-8-4-15(21)5-9-18;1-2/h2-11,23H,12H2,1H3,(H,24,25)(H,26,27);1-2H3/b13-10+,16-11+;. The van der Waals surface area contributed by atoms with E-state index in [1.165, 1.54) is 36.5 Å². The number of carbonyl (C=O) groups is 2. The summed E-state index contributed by atoms with van der Waals surface area (Å²) in [6, 6.07) is 12.8. The van der Waals surface area contributed by atoms with Crippen LogP contribution in [0.5, 0.6) is 5.75 Å². The highest BCUT2D eigenvalue weighted by molar-refractivity contribution is 6.31. The van der Waals surface area contributed by atoms with Crippen molar-refractivity contribution in [2.75, 3.05) is 12.0 Å². The molecular formula is C22H24Cl2N2O4. The molecule has 0 aliphatic rings. The Morgan fingerprint density at radius 1 is 1.07 bits per heavy atom. The van der Waals surface area contributed by atoms with Gasteiger partial charge < -0.3 is 20.5 Å². The molecule has 8 heteroatoms. The van der Waals surface area contributed by atoms with E-state index in [1.807, 2.05) is 13.8 Å². The summed E-state index contributed by atoms with van der Waals surface area (Å²) >= 11 is 11.9. The Bertz CT molecular complexity index is 892. The first kappa shape index (κ1) is 25.1. The molecular weight excluding hydrogens is 427 g/mol. The summed E-state index contributed by atoms with van der Waals surface area (Å²) in [6.45, 7) is 5.80. The van der Waals surface area contributed by atoms with E-state index in [1.54, 1.807) is 31.2 Å². The summed E-state index contributed by atoms with van der Waals surface area (Å²) in [7, 11) is 0. The van der Waals surface area contributed by atoms with Gasteiger partial charge in [0.1, 0.15) is 5.75 Å². The van der Waals surface area contributed by atoms with Gasteiger partial charge in [-0.15, -0.1) is 0 Å². The molecule has 0 saturated heterocycles. The summed E-state index contributed by atoms with van der Waals surface area (Å²) < 4.78 is 5.45. The fourth-order valence-electron chi connectivity index (χ4n) is 2.03. The Hall–Kier alpha value is -2.96. The zero-order valence-electron chi connectivity index (χ0n) is 16.9. The molecule has 0 saturated carbocycles. The predicted octanol–water partition coefficient (Wildman–Crippen LogP) is 5.66. The average molecular weight is 451 g/mol. The van der Waals surface area contributed by atoms with Crippen molar-refractivity contribution in [3.05, 3.63) is 82.0 Å². The number of hydrogen-bond donors (Lipinski definition) is 3. The Morgan fingerprint density at radius 2 is 1.67 bits per heavy atom. The van der Waals surface area contributed by atoms with Crippen molar-refractivity contribution in [2.45, 2.75) is 20.8 Å². The number of rotatable bonds is 8. The summed E-state index contributed by atoms with van der Waals surface area (Å²) in [6.07, 6.45) is 3.01. The van der Waals surface area contributed by atoms with Gasteiger partial charge in [0.15, 0.2) is 6.73 Å². The highest BCUT2D eigenvalue weighted by Gasteiger charge is 2.07. The fraction of sp³-hybridized carbons (Fsp3) is 0.182. The van der Waals surface area contributed by atoms with E-state index < -0.39 is 5.97 Å². The van der Waals surface area contributed by atoms with Crippen molar-refractivity contribution in [3.63, 3.8) is 0 Å². The second kappa shape index (κ2) is 13.3. The molecule has 2 aromatic carbocycles. The fourth-order valence-corrected chi connectivity index (χ4v) is 2.40. The Morgan fingerprint density at radius 3 is 2.23 bits per heavy atom. The van der Waals surface area contributed by atoms with Gasteiger partial charge in [-0.3, -0.25) is 4.79 Å². The number of hydrogen-bond acceptors (Lipinski definition) is 4. The van der Waals surface area contributed by atoms with E-state index >= 15 is 0 Å². The van der Waals surface area contributed by atoms with Crippen molar-refractivity contribution >= 4 is 40.8 Å². The third-order valence-corrected chi connectivity index (χ3v) is 3.95. The molecule has 30 heavy (non-hydrogen) atoms. The van der Waals surface area contributed by atoms with Gasteiger partial charge in [0, 0.05) is 22.5 Å². The molecule has 0 spiro atoms. The topological polar surface area (TPSA) is 87.7 Å². The van der Waals surface area contributed by atoms with E-state index in [4.69, 9.17) is 33.0 Å². The van der Waals surface area contributed by atoms with Gasteiger partial charge in [0.2, 0.25) is 0 Å². The maximum atomic E-state index is 12.2. The third-order valence-electron chi connectivity index (χ3n) is 3.48. The van der Waals surface area contributed by atoms with Crippen LogP contribution in [0.25, 0.3) is 0 Å². The number of amides is 1. The number of carboxylic acids is 1.